The minimum Gasteiger partial charge on any atom is -0.462 e. The predicted octanol–water partition coefficient (Wildman–Crippen LogP) is 3.54. The van der Waals surface area contributed by atoms with Gasteiger partial charge >= 0.3 is 5.97 Å². The largest absolute Gasteiger partial charge is 0.462 e. The molecule has 0 saturated heterocycles. The number of hydrogen-bond acceptors (Lipinski definition) is 6. The van der Waals surface area contributed by atoms with Gasteiger partial charge < -0.3 is 15.4 Å². The first kappa shape index (κ1) is 20.3. The standard InChI is InChI=1S/C20H20ClN5O3/c1-2-9-29-20(28)14-3-6-16(7-4-14)23-11-19(27)25-17-10-15(21)5-8-18(17)26-13-22-12-24-26/h3-8,10,12-13,23H,2,9,11H2,1H3,(H,25,27). The van der Waals surface area contributed by atoms with E-state index in [9.17, 15) is 9.59 Å². The minimum absolute atomic E-state index is 0.0307. The molecule has 0 aliphatic rings. The third-order valence-electron chi connectivity index (χ3n) is 3.91. The normalized spacial score (nSPS) is 10.4. The number of rotatable bonds is 8. The highest BCUT2D eigenvalue weighted by Crippen LogP contribution is 2.24. The number of aromatic nitrogens is 3. The molecule has 1 amide bonds. The molecule has 3 aromatic rings. The lowest BCUT2D eigenvalue weighted by Gasteiger charge is -2.12. The second-order valence-corrected chi connectivity index (χ2v) is 6.55. The summed E-state index contributed by atoms with van der Waals surface area (Å²) in [6.07, 6.45) is 3.71. The van der Waals surface area contributed by atoms with Crippen LogP contribution in [0.15, 0.2) is 55.1 Å². The molecule has 0 aliphatic heterocycles. The summed E-state index contributed by atoms with van der Waals surface area (Å²) >= 11 is 6.06. The van der Waals surface area contributed by atoms with Crippen LogP contribution in [0.4, 0.5) is 11.4 Å². The maximum absolute atomic E-state index is 12.4. The third-order valence-corrected chi connectivity index (χ3v) is 4.14. The van der Waals surface area contributed by atoms with Crippen LogP contribution < -0.4 is 10.6 Å². The number of esters is 1. The van der Waals surface area contributed by atoms with E-state index in [-0.39, 0.29) is 18.4 Å². The monoisotopic (exact) mass is 413 g/mol. The Morgan fingerprint density at radius 1 is 1.17 bits per heavy atom. The Labute approximate surface area is 172 Å². The molecular formula is C20H20ClN5O3. The summed E-state index contributed by atoms with van der Waals surface area (Å²) in [6.45, 7) is 2.35. The van der Waals surface area contributed by atoms with Gasteiger partial charge in [0.1, 0.15) is 12.7 Å². The Kier molecular flexibility index (Phi) is 6.80. The second-order valence-electron chi connectivity index (χ2n) is 6.12. The van der Waals surface area contributed by atoms with Crippen molar-refractivity contribution in [2.24, 2.45) is 0 Å². The molecule has 29 heavy (non-hydrogen) atoms. The molecule has 2 aromatic carbocycles. The average Bonchev–Trinajstić information content (AvgIpc) is 3.25. The first-order valence-corrected chi connectivity index (χ1v) is 9.40. The van der Waals surface area contributed by atoms with Gasteiger partial charge in [-0.1, -0.05) is 18.5 Å². The fourth-order valence-electron chi connectivity index (χ4n) is 2.52. The lowest BCUT2D eigenvalue weighted by atomic mass is 10.2. The van der Waals surface area contributed by atoms with Gasteiger partial charge in [-0.15, -0.1) is 0 Å². The van der Waals surface area contributed by atoms with E-state index in [0.29, 0.717) is 34.3 Å². The number of hydrogen-bond donors (Lipinski definition) is 2. The highest BCUT2D eigenvalue weighted by molar-refractivity contribution is 6.31. The zero-order valence-electron chi connectivity index (χ0n) is 15.8. The summed E-state index contributed by atoms with van der Waals surface area (Å²) in [5.74, 6) is -0.627. The maximum atomic E-state index is 12.4. The highest BCUT2D eigenvalue weighted by Gasteiger charge is 2.11. The van der Waals surface area contributed by atoms with Crippen molar-refractivity contribution < 1.29 is 14.3 Å². The number of amides is 1. The van der Waals surface area contributed by atoms with Gasteiger partial charge in [0.25, 0.3) is 0 Å². The molecule has 0 aliphatic carbocycles. The second kappa shape index (κ2) is 9.70. The van der Waals surface area contributed by atoms with E-state index >= 15 is 0 Å². The SMILES string of the molecule is CCCOC(=O)c1ccc(NCC(=O)Nc2cc(Cl)ccc2-n2cncn2)cc1. The first-order valence-electron chi connectivity index (χ1n) is 9.02. The number of halogens is 1. The van der Waals surface area contributed by atoms with E-state index in [1.807, 2.05) is 6.92 Å². The van der Waals surface area contributed by atoms with Crippen molar-refractivity contribution in [1.82, 2.24) is 14.8 Å². The van der Waals surface area contributed by atoms with Gasteiger partial charge in [0.05, 0.1) is 30.1 Å². The number of nitrogens with zero attached hydrogens (tertiary/aromatic N) is 3. The zero-order chi connectivity index (χ0) is 20.6. The number of nitrogens with one attached hydrogen (secondary N) is 2. The van der Waals surface area contributed by atoms with E-state index in [4.69, 9.17) is 16.3 Å². The van der Waals surface area contributed by atoms with Crippen LogP contribution in [0, 0.1) is 0 Å². The molecule has 0 spiro atoms. The van der Waals surface area contributed by atoms with Crippen LogP contribution in [-0.4, -0.2) is 39.8 Å². The van der Waals surface area contributed by atoms with Crippen LogP contribution in [0.3, 0.4) is 0 Å². The molecule has 8 nitrogen and oxygen atoms in total. The van der Waals surface area contributed by atoms with Crippen molar-refractivity contribution in [3.63, 3.8) is 0 Å². The highest BCUT2D eigenvalue weighted by atomic mass is 35.5. The Hall–Kier alpha value is -3.39. The number of anilines is 2. The Morgan fingerprint density at radius 3 is 2.66 bits per heavy atom. The topological polar surface area (TPSA) is 98.1 Å². The predicted molar refractivity (Wildman–Crippen MR) is 111 cm³/mol. The van der Waals surface area contributed by atoms with Crippen LogP contribution in [0.25, 0.3) is 5.69 Å². The van der Waals surface area contributed by atoms with Crippen LogP contribution in [0.2, 0.25) is 5.02 Å². The Morgan fingerprint density at radius 2 is 1.97 bits per heavy atom. The van der Waals surface area contributed by atoms with E-state index in [0.717, 1.165) is 6.42 Å². The van der Waals surface area contributed by atoms with Crippen molar-refractivity contribution in [1.29, 1.82) is 0 Å². The molecule has 0 radical (unpaired) electrons. The zero-order valence-corrected chi connectivity index (χ0v) is 16.5. The summed E-state index contributed by atoms with van der Waals surface area (Å²) in [6, 6.07) is 11.8. The van der Waals surface area contributed by atoms with E-state index in [1.165, 1.54) is 17.3 Å². The van der Waals surface area contributed by atoms with Crippen molar-refractivity contribution in [3.8, 4) is 5.69 Å². The van der Waals surface area contributed by atoms with Crippen LogP contribution in [0.1, 0.15) is 23.7 Å². The van der Waals surface area contributed by atoms with Gasteiger partial charge in [-0.25, -0.2) is 14.5 Å². The third kappa shape index (κ3) is 5.55. The van der Waals surface area contributed by atoms with E-state index in [2.05, 4.69) is 20.7 Å². The quantitative estimate of drug-likeness (QED) is 0.548. The van der Waals surface area contributed by atoms with Gasteiger partial charge in [-0.05, 0) is 48.9 Å². The number of benzene rings is 2. The fraction of sp³-hybridized carbons (Fsp3) is 0.200. The van der Waals surface area contributed by atoms with E-state index < -0.39 is 0 Å². The van der Waals surface area contributed by atoms with Gasteiger partial charge in [0.2, 0.25) is 5.91 Å². The molecule has 1 heterocycles. The molecule has 0 fully saturated rings. The van der Waals surface area contributed by atoms with Gasteiger partial charge in [0.15, 0.2) is 0 Å². The molecule has 9 heteroatoms. The Balaban J connectivity index is 1.59. The summed E-state index contributed by atoms with van der Waals surface area (Å²) in [5, 5.41) is 10.4. The maximum Gasteiger partial charge on any atom is 0.338 e. The first-order chi connectivity index (χ1) is 14.1. The summed E-state index contributed by atoms with van der Waals surface area (Å²) in [5.41, 5.74) is 2.33. The molecule has 0 unspecified atom stereocenters. The van der Waals surface area contributed by atoms with Crippen molar-refractivity contribution >= 4 is 34.9 Å². The molecule has 1 aromatic heterocycles. The van der Waals surface area contributed by atoms with Crippen LogP contribution in [-0.2, 0) is 9.53 Å². The van der Waals surface area contributed by atoms with Crippen molar-refractivity contribution in [3.05, 3.63) is 65.7 Å². The molecule has 0 saturated carbocycles. The fourth-order valence-corrected chi connectivity index (χ4v) is 2.69. The number of carbonyl (C=O) groups is 2. The number of carbonyl (C=O) groups excluding carboxylic acids is 2. The Bertz CT molecular complexity index is 974. The summed E-state index contributed by atoms with van der Waals surface area (Å²) in [7, 11) is 0. The molecule has 2 N–H and O–H groups in total. The molecular weight excluding hydrogens is 394 g/mol. The molecule has 3 rings (SSSR count). The van der Waals surface area contributed by atoms with Crippen molar-refractivity contribution in [2.75, 3.05) is 23.8 Å². The van der Waals surface area contributed by atoms with Crippen LogP contribution >= 0.6 is 11.6 Å². The molecule has 0 bridgehead atoms. The van der Waals surface area contributed by atoms with Gasteiger partial charge in [-0.2, -0.15) is 5.10 Å². The lowest BCUT2D eigenvalue weighted by molar-refractivity contribution is -0.114. The number of ether oxygens (including phenoxy) is 1. The summed E-state index contributed by atoms with van der Waals surface area (Å²) in [4.78, 5) is 28.1. The van der Waals surface area contributed by atoms with Gasteiger partial charge in [0, 0.05) is 10.7 Å². The average molecular weight is 414 g/mol. The van der Waals surface area contributed by atoms with Gasteiger partial charge in [-0.3, -0.25) is 4.79 Å². The van der Waals surface area contributed by atoms with E-state index in [1.54, 1.807) is 42.5 Å². The summed E-state index contributed by atoms with van der Waals surface area (Å²) < 4.78 is 6.62. The minimum atomic E-state index is -0.363. The smallest absolute Gasteiger partial charge is 0.338 e. The molecule has 150 valence electrons. The van der Waals surface area contributed by atoms with Crippen molar-refractivity contribution in [2.45, 2.75) is 13.3 Å². The lowest BCUT2D eigenvalue weighted by Crippen LogP contribution is -2.22. The molecule has 0 atom stereocenters. The van der Waals surface area contributed by atoms with Crippen LogP contribution in [0.5, 0.6) is 0 Å².